The lowest BCUT2D eigenvalue weighted by atomic mass is 10.1. The maximum Gasteiger partial charge on any atom is 0.221 e. The Kier molecular flexibility index (Phi) is 4.74. The number of nitrogens with one attached hydrogen (secondary N) is 1. The monoisotopic (exact) mass is 258 g/mol. The van der Waals surface area contributed by atoms with Crippen molar-refractivity contribution in [2.24, 2.45) is 5.92 Å². The molecule has 0 spiro atoms. The van der Waals surface area contributed by atoms with E-state index in [0.717, 1.165) is 24.4 Å². The molecule has 0 aliphatic carbocycles. The Hall–Kier alpha value is -1.61. The lowest BCUT2D eigenvalue weighted by molar-refractivity contribution is 0.264. The van der Waals surface area contributed by atoms with Gasteiger partial charge in [-0.05, 0) is 29.5 Å². The van der Waals surface area contributed by atoms with Crippen LogP contribution < -0.4 is 10.1 Å². The molecule has 1 aromatic carbocycles. The molecular formula is C16H22N2O. The van der Waals surface area contributed by atoms with Crippen molar-refractivity contribution in [2.75, 3.05) is 13.2 Å². The molecule has 0 bridgehead atoms. The Bertz CT molecular complexity index is 537. The molecule has 0 fully saturated rings. The minimum absolute atomic E-state index is 0.502. The van der Waals surface area contributed by atoms with Crippen molar-refractivity contribution in [2.45, 2.75) is 27.3 Å². The molecule has 1 aromatic heterocycles. The van der Waals surface area contributed by atoms with E-state index in [4.69, 9.17) is 4.74 Å². The van der Waals surface area contributed by atoms with Gasteiger partial charge in [-0.3, -0.25) is 0 Å². The number of pyridine rings is 1. The lowest BCUT2D eigenvalue weighted by Gasteiger charge is -2.13. The summed E-state index contributed by atoms with van der Waals surface area (Å²) >= 11 is 0. The summed E-state index contributed by atoms with van der Waals surface area (Å²) in [6, 6.07) is 8.30. The zero-order valence-corrected chi connectivity index (χ0v) is 11.9. The molecule has 3 heteroatoms. The third-order valence-corrected chi connectivity index (χ3v) is 2.96. The molecule has 1 heterocycles. The van der Waals surface area contributed by atoms with Crippen LogP contribution in [0, 0.1) is 5.92 Å². The van der Waals surface area contributed by atoms with Crippen LogP contribution in [0.2, 0.25) is 0 Å². The minimum atomic E-state index is 0.502. The predicted molar refractivity (Wildman–Crippen MR) is 79.5 cm³/mol. The Balaban J connectivity index is 2.34. The van der Waals surface area contributed by atoms with Crippen LogP contribution in [0.15, 0.2) is 30.5 Å². The Morgan fingerprint density at radius 3 is 2.63 bits per heavy atom. The van der Waals surface area contributed by atoms with Crippen molar-refractivity contribution >= 4 is 10.8 Å². The van der Waals surface area contributed by atoms with E-state index in [1.54, 1.807) is 0 Å². The maximum atomic E-state index is 5.81. The summed E-state index contributed by atoms with van der Waals surface area (Å²) in [5, 5.41) is 5.66. The highest BCUT2D eigenvalue weighted by molar-refractivity contribution is 5.89. The maximum absolute atomic E-state index is 5.81. The number of hydrogen-bond donors (Lipinski definition) is 1. The van der Waals surface area contributed by atoms with Crippen LogP contribution in [0.4, 0.5) is 0 Å². The predicted octanol–water partition coefficient (Wildman–Crippen LogP) is 3.38. The van der Waals surface area contributed by atoms with Gasteiger partial charge in [0.2, 0.25) is 5.88 Å². The molecule has 0 unspecified atom stereocenters. The summed E-state index contributed by atoms with van der Waals surface area (Å²) in [4.78, 5) is 4.47. The van der Waals surface area contributed by atoms with Gasteiger partial charge in [-0.2, -0.15) is 0 Å². The van der Waals surface area contributed by atoms with Gasteiger partial charge in [-0.25, -0.2) is 4.98 Å². The third-order valence-electron chi connectivity index (χ3n) is 2.96. The number of ether oxygens (including phenoxy) is 1. The van der Waals surface area contributed by atoms with Gasteiger partial charge in [0.05, 0.1) is 6.61 Å². The average Bonchev–Trinajstić information content (AvgIpc) is 2.43. The van der Waals surface area contributed by atoms with Crippen molar-refractivity contribution in [1.82, 2.24) is 10.3 Å². The molecule has 0 amide bonds. The van der Waals surface area contributed by atoms with Crippen molar-refractivity contribution in [3.63, 3.8) is 0 Å². The zero-order valence-electron chi connectivity index (χ0n) is 11.9. The molecule has 19 heavy (non-hydrogen) atoms. The normalized spacial score (nSPS) is 11.2. The molecule has 0 radical (unpaired) electrons. The van der Waals surface area contributed by atoms with Crippen LogP contribution in [0.25, 0.3) is 10.8 Å². The van der Waals surface area contributed by atoms with E-state index in [1.807, 2.05) is 12.3 Å². The Morgan fingerprint density at radius 1 is 1.21 bits per heavy atom. The van der Waals surface area contributed by atoms with E-state index in [2.05, 4.69) is 49.3 Å². The molecule has 0 aliphatic rings. The molecule has 102 valence electrons. The van der Waals surface area contributed by atoms with Crippen LogP contribution in [0.5, 0.6) is 5.88 Å². The van der Waals surface area contributed by atoms with Gasteiger partial charge in [-0.15, -0.1) is 0 Å². The average molecular weight is 258 g/mol. The van der Waals surface area contributed by atoms with Crippen molar-refractivity contribution < 1.29 is 4.74 Å². The van der Waals surface area contributed by atoms with Crippen molar-refractivity contribution in [3.05, 3.63) is 36.0 Å². The first-order chi connectivity index (χ1) is 9.22. The van der Waals surface area contributed by atoms with Gasteiger partial charge >= 0.3 is 0 Å². The SMILES string of the molecule is CCNCc1cnc(OCC(C)C)c2ccccc12. The molecule has 2 rings (SSSR count). The van der Waals surface area contributed by atoms with Gasteiger partial charge in [0.25, 0.3) is 0 Å². The van der Waals surface area contributed by atoms with Gasteiger partial charge in [0.1, 0.15) is 0 Å². The van der Waals surface area contributed by atoms with Gasteiger partial charge < -0.3 is 10.1 Å². The number of aromatic nitrogens is 1. The van der Waals surface area contributed by atoms with Crippen LogP contribution in [0.1, 0.15) is 26.3 Å². The zero-order chi connectivity index (χ0) is 13.7. The second-order valence-electron chi connectivity index (χ2n) is 5.12. The third kappa shape index (κ3) is 3.44. The molecule has 2 aromatic rings. The summed E-state index contributed by atoms with van der Waals surface area (Å²) < 4.78 is 5.81. The topological polar surface area (TPSA) is 34.2 Å². The van der Waals surface area contributed by atoms with Crippen LogP contribution >= 0.6 is 0 Å². The van der Waals surface area contributed by atoms with Gasteiger partial charge in [0.15, 0.2) is 0 Å². The molecule has 0 saturated carbocycles. The van der Waals surface area contributed by atoms with Crippen LogP contribution in [-0.4, -0.2) is 18.1 Å². The van der Waals surface area contributed by atoms with Crippen LogP contribution in [-0.2, 0) is 6.54 Å². The second-order valence-corrected chi connectivity index (χ2v) is 5.12. The van der Waals surface area contributed by atoms with Gasteiger partial charge in [-0.1, -0.05) is 39.0 Å². The standard InChI is InChI=1S/C16H22N2O/c1-4-17-9-13-10-18-16(19-11-12(2)3)15-8-6-5-7-14(13)15/h5-8,10,12,17H,4,9,11H2,1-3H3. The summed E-state index contributed by atoms with van der Waals surface area (Å²) in [6.07, 6.45) is 1.92. The summed E-state index contributed by atoms with van der Waals surface area (Å²) in [5.74, 6) is 1.24. The molecule has 0 aliphatic heterocycles. The molecule has 0 saturated heterocycles. The smallest absolute Gasteiger partial charge is 0.221 e. The molecular weight excluding hydrogens is 236 g/mol. The van der Waals surface area contributed by atoms with Crippen LogP contribution in [0.3, 0.4) is 0 Å². The van der Waals surface area contributed by atoms with Gasteiger partial charge in [0, 0.05) is 18.1 Å². The van der Waals surface area contributed by atoms with Crippen molar-refractivity contribution in [1.29, 1.82) is 0 Å². The fourth-order valence-electron chi connectivity index (χ4n) is 1.99. The highest BCUT2D eigenvalue weighted by atomic mass is 16.5. The number of hydrogen-bond acceptors (Lipinski definition) is 3. The minimum Gasteiger partial charge on any atom is -0.477 e. The van der Waals surface area contributed by atoms with E-state index >= 15 is 0 Å². The largest absolute Gasteiger partial charge is 0.477 e. The number of fused-ring (bicyclic) bond motifs is 1. The fraction of sp³-hybridized carbons (Fsp3) is 0.438. The molecule has 3 nitrogen and oxygen atoms in total. The first-order valence-electron chi connectivity index (χ1n) is 6.92. The van der Waals surface area contributed by atoms with E-state index in [9.17, 15) is 0 Å². The molecule has 1 N–H and O–H groups in total. The van der Waals surface area contributed by atoms with E-state index in [-0.39, 0.29) is 0 Å². The highest BCUT2D eigenvalue weighted by Gasteiger charge is 2.08. The quantitative estimate of drug-likeness (QED) is 0.862. The summed E-state index contributed by atoms with van der Waals surface area (Å²) in [5.41, 5.74) is 1.22. The second kappa shape index (κ2) is 6.53. The number of rotatable bonds is 6. The Labute approximate surface area is 115 Å². The lowest BCUT2D eigenvalue weighted by Crippen LogP contribution is -2.13. The summed E-state index contributed by atoms with van der Waals surface area (Å²) in [7, 11) is 0. The number of benzene rings is 1. The fourth-order valence-corrected chi connectivity index (χ4v) is 1.99. The van der Waals surface area contributed by atoms with E-state index in [1.165, 1.54) is 10.9 Å². The first-order valence-corrected chi connectivity index (χ1v) is 6.92. The number of nitrogens with zero attached hydrogens (tertiary/aromatic N) is 1. The highest BCUT2D eigenvalue weighted by Crippen LogP contribution is 2.26. The van der Waals surface area contributed by atoms with E-state index < -0.39 is 0 Å². The molecule has 0 atom stereocenters. The Morgan fingerprint density at radius 2 is 1.95 bits per heavy atom. The first kappa shape index (κ1) is 13.8. The van der Waals surface area contributed by atoms with Crippen molar-refractivity contribution in [3.8, 4) is 5.88 Å². The summed E-state index contributed by atoms with van der Waals surface area (Å²) in [6.45, 7) is 8.89. The van der Waals surface area contributed by atoms with E-state index in [0.29, 0.717) is 12.5 Å².